The molecule has 2 nitrogen and oxygen atoms in total. The molecule has 1 heterocycles. The fourth-order valence-corrected chi connectivity index (χ4v) is 11.9. The number of anilines is 3. The first kappa shape index (κ1) is 38.5. The summed E-state index contributed by atoms with van der Waals surface area (Å²) < 4.78 is 6.62. The van der Waals surface area contributed by atoms with E-state index in [0.29, 0.717) is 0 Å². The third-order valence-electron chi connectivity index (χ3n) is 14.9. The third kappa shape index (κ3) is 5.61. The second kappa shape index (κ2) is 14.8. The van der Waals surface area contributed by atoms with Gasteiger partial charge in [-0.25, -0.2) is 0 Å². The van der Waals surface area contributed by atoms with Crippen LogP contribution in [-0.2, 0) is 10.8 Å². The van der Waals surface area contributed by atoms with Gasteiger partial charge in [0.1, 0.15) is 11.2 Å². The number of nitrogens with zero attached hydrogens (tertiary/aromatic N) is 1. The van der Waals surface area contributed by atoms with E-state index in [1.807, 2.05) is 6.07 Å². The van der Waals surface area contributed by atoms with Crippen molar-refractivity contribution in [2.75, 3.05) is 4.90 Å². The van der Waals surface area contributed by atoms with Crippen LogP contribution in [0.4, 0.5) is 17.1 Å². The van der Waals surface area contributed by atoms with Gasteiger partial charge in [-0.05, 0) is 104 Å². The lowest BCUT2D eigenvalue weighted by molar-refractivity contribution is 0.648. The maximum atomic E-state index is 6.62. The highest BCUT2D eigenvalue weighted by Gasteiger charge is 2.47. The molecule has 1 aromatic heterocycles. The Morgan fingerprint density at radius 2 is 1.12 bits per heavy atom. The normalized spacial score (nSPS) is 16.2. The SMILES string of the molecule is CC1(C)C2=CC(c3ccc(N(c4cccc(-c5cccc6c5oc5ccccc56)c4)c4cccc5c4-c4ccccc4C5(c4ccccc4)c4ccccc4)cc3)CC=C2c2ccccc21. The lowest BCUT2D eigenvalue weighted by atomic mass is 9.68. The summed E-state index contributed by atoms with van der Waals surface area (Å²) in [6.45, 7) is 4.76. The fourth-order valence-electron chi connectivity index (χ4n) is 11.9. The Bertz CT molecular complexity index is 3550. The van der Waals surface area contributed by atoms with Gasteiger partial charge in [-0.15, -0.1) is 0 Å². The van der Waals surface area contributed by atoms with Crippen LogP contribution in [0.3, 0.4) is 0 Å². The Labute approximate surface area is 386 Å². The molecule has 0 saturated carbocycles. The van der Waals surface area contributed by atoms with Crippen LogP contribution < -0.4 is 4.90 Å². The highest BCUT2D eigenvalue weighted by molar-refractivity contribution is 6.10. The summed E-state index contributed by atoms with van der Waals surface area (Å²) in [5, 5.41) is 2.26. The molecule has 10 aromatic rings. The van der Waals surface area contributed by atoms with Gasteiger partial charge in [0.05, 0.1) is 11.1 Å². The van der Waals surface area contributed by atoms with Gasteiger partial charge in [-0.2, -0.15) is 0 Å². The van der Waals surface area contributed by atoms with E-state index in [-0.39, 0.29) is 11.3 Å². The fraction of sp³-hybridized carbons (Fsp3) is 0.0938. The first-order valence-electron chi connectivity index (χ1n) is 23.3. The van der Waals surface area contributed by atoms with Gasteiger partial charge in [0.15, 0.2) is 0 Å². The molecule has 0 N–H and O–H groups in total. The van der Waals surface area contributed by atoms with E-state index in [1.165, 1.54) is 61.2 Å². The highest BCUT2D eigenvalue weighted by atomic mass is 16.3. The molecule has 9 aromatic carbocycles. The maximum absolute atomic E-state index is 6.62. The number of para-hydroxylation sites is 2. The van der Waals surface area contributed by atoms with E-state index in [2.05, 4.69) is 243 Å². The number of fused-ring (bicyclic) bond motifs is 9. The Morgan fingerprint density at radius 3 is 1.91 bits per heavy atom. The molecule has 1 unspecified atom stereocenters. The average Bonchev–Trinajstić information content (AvgIpc) is 3.99. The number of rotatable bonds is 7. The van der Waals surface area contributed by atoms with Crippen LogP contribution in [0.15, 0.2) is 241 Å². The van der Waals surface area contributed by atoms with Crippen LogP contribution in [0.1, 0.15) is 65.1 Å². The standard InChI is InChI=1S/C64H47NO/c1-63(2)55-29-12-9-24-50(55)51-39-36-43(41-58(51)63)42-34-37-47(38-35-42)65(48-23-15-18-44(40-48)49-27-16-28-53-52-25-11-14-33-60(52)66-62(49)53)59-32-17-31-57-61(59)54-26-10-13-30-56(54)64(57,45-19-5-3-6-20-45)46-21-7-4-8-22-46/h3-35,37-41,43H,36H2,1-2H3. The predicted molar refractivity (Wildman–Crippen MR) is 274 cm³/mol. The van der Waals surface area contributed by atoms with Gasteiger partial charge in [-0.3, -0.25) is 0 Å². The van der Waals surface area contributed by atoms with Crippen LogP contribution in [-0.4, -0.2) is 0 Å². The summed E-state index contributed by atoms with van der Waals surface area (Å²) in [6, 6.07) is 80.4. The molecule has 0 amide bonds. The summed E-state index contributed by atoms with van der Waals surface area (Å²) in [4.78, 5) is 2.49. The highest BCUT2D eigenvalue weighted by Crippen LogP contribution is 2.60. The van der Waals surface area contributed by atoms with Crippen LogP contribution in [0, 0.1) is 0 Å². The molecule has 1 atom stereocenters. The van der Waals surface area contributed by atoms with Crippen molar-refractivity contribution >= 4 is 44.6 Å². The molecule has 314 valence electrons. The molecule has 0 aliphatic heterocycles. The van der Waals surface area contributed by atoms with Crippen LogP contribution in [0.2, 0.25) is 0 Å². The summed E-state index contributed by atoms with van der Waals surface area (Å²) in [6.07, 6.45) is 6.02. The Hall–Kier alpha value is -7.94. The van der Waals surface area contributed by atoms with Crippen LogP contribution in [0.25, 0.3) is 49.8 Å². The smallest absolute Gasteiger partial charge is 0.143 e. The minimum Gasteiger partial charge on any atom is -0.455 e. The minimum atomic E-state index is -0.521. The maximum Gasteiger partial charge on any atom is 0.143 e. The number of benzene rings is 9. The van der Waals surface area contributed by atoms with Crippen molar-refractivity contribution < 1.29 is 4.42 Å². The van der Waals surface area contributed by atoms with Crippen LogP contribution >= 0.6 is 0 Å². The molecule has 2 heteroatoms. The number of hydrogen-bond donors (Lipinski definition) is 0. The molecular formula is C64H47NO. The topological polar surface area (TPSA) is 16.4 Å². The predicted octanol–water partition coefficient (Wildman–Crippen LogP) is 16.9. The third-order valence-corrected chi connectivity index (χ3v) is 14.9. The summed E-state index contributed by atoms with van der Waals surface area (Å²) in [5.74, 6) is 0.290. The molecule has 13 rings (SSSR count). The molecule has 0 radical (unpaired) electrons. The molecule has 3 aliphatic rings. The van der Waals surface area contributed by atoms with Gasteiger partial charge < -0.3 is 9.32 Å². The first-order chi connectivity index (χ1) is 32.5. The van der Waals surface area contributed by atoms with Gasteiger partial charge in [0.25, 0.3) is 0 Å². The van der Waals surface area contributed by atoms with E-state index in [4.69, 9.17) is 4.42 Å². The molecular weight excluding hydrogens is 799 g/mol. The zero-order chi connectivity index (χ0) is 44.0. The Morgan fingerprint density at radius 1 is 0.500 bits per heavy atom. The zero-order valence-corrected chi connectivity index (χ0v) is 37.1. The average molecular weight is 846 g/mol. The summed E-state index contributed by atoms with van der Waals surface area (Å²) >= 11 is 0. The van der Waals surface area contributed by atoms with Crippen molar-refractivity contribution in [2.45, 2.75) is 37.0 Å². The van der Waals surface area contributed by atoms with Crippen molar-refractivity contribution in [1.82, 2.24) is 0 Å². The zero-order valence-electron chi connectivity index (χ0n) is 37.1. The Balaban J connectivity index is 1.00. The number of furan rings is 1. The minimum absolute atomic E-state index is 0.0335. The van der Waals surface area contributed by atoms with E-state index >= 15 is 0 Å². The summed E-state index contributed by atoms with van der Waals surface area (Å²) in [5.41, 5.74) is 21.3. The van der Waals surface area contributed by atoms with E-state index < -0.39 is 5.41 Å². The van der Waals surface area contributed by atoms with Crippen molar-refractivity contribution in [3.05, 3.63) is 275 Å². The molecule has 0 bridgehead atoms. The van der Waals surface area contributed by atoms with E-state index in [0.717, 1.165) is 56.5 Å². The van der Waals surface area contributed by atoms with Gasteiger partial charge in [0.2, 0.25) is 0 Å². The van der Waals surface area contributed by atoms with Gasteiger partial charge >= 0.3 is 0 Å². The van der Waals surface area contributed by atoms with Crippen molar-refractivity contribution in [2.24, 2.45) is 0 Å². The quantitative estimate of drug-likeness (QED) is 0.159. The number of allylic oxidation sites excluding steroid dienone is 4. The van der Waals surface area contributed by atoms with Crippen molar-refractivity contribution in [1.29, 1.82) is 0 Å². The first-order valence-corrected chi connectivity index (χ1v) is 23.3. The van der Waals surface area contributed by atoms with E-state index in [1.54, 1.807) is 0 Å². The van der Waals surface area contributed by atoms with Gasteiger partial charge in [-0.1, -0.05) is 208 Å². The largest absolute Gasteiger partial charge is 0.455 e. The van der Waals surface area contributed by atoms with Crippen LogP contribution in [0.5, 0.6) is 0 Å². The second-order valence-corrected chi connectivity index (χ2v) is 18.7. The number of hydrogen-bond acceptors (Lipinski definition) is 2. The second-order valence-electron chi connectivity index (χ2n) is 18.7. The molecule has 66 heavy (non-hydrogen) atoms. The molecule has 0 spiro atoms. The van der Waals surface area contributed by atoms with Crippen molar-refractivity contribution in [3.8, 4) is 22.3 Å². The van der Waals surface area contributed by atoms with Gasteiger partial charge in [0, 0.05) is 44.6 Å². The molecule has 0 fully saturated rings. The molecule has 3 aliphatic carbocycles. The molecule has 0 saturated heterocycles. The lowest BCUT2D eigenvalue weighted by Crippen LogP contribution is -2.28. The summed E-state index contributed by atoms with van der Waals surface area (Å²) in [7, 11) is 0. The van der Waals surface area contributed by atoms with Crippen molar-refractivity contribution in [3.63, 3.8) is 0 Å². The lowest BCUT2D eigenvalue weighted by Gasteiger charge is -2.34. The van der Waals surface area contributed by atoms with E-state index in [9.17, 15) is 0 Å². The monoisotopic (exact) mass is 845 g/mol. The Kier molecular flexibility index (Phi) is 8.64.